The molecule has 32 heavy (non-hydrogen) atoms. The summed E-state index contributed by atoms with van der Waals surface area (Å²) in [7, 11) is 0. The Labute approximate surface area is 203 Å². The summed E-state index contributed by atoms with van der Waals surface area (Å²) < 4.78 is 6.50. The van der Waals surface area contributed by atoms with Gasteiger partial charge in [0, 0.05) is 23.4 Å². The molecular formula is C24H30BrN3O3S. The number of carbonyl (C=O) groups is 2. The zero-order valence-corrected chi connectivity index (χ0v) is 20.9. The van der Waals surface area contributed by atoms with Gasteiger partial charge in [-0.05, 0) is 77.4 Å². The van der Waals surface area contributed by atoms with Crippen LogP contribution in [-0.2, 0) is 0 Å². The fourth-order valence-corrected chi connectivity index (χ4v) is 3.59. The van der Waals surface area contributed by atoms with Crippen LogP contribution in [0, 0.1) is 0 Å². The quantitative estimate of drug-likeness (QED) is 0.263. The molecule has 2 rings (SSSR count). The number of hydrogen-bond acceptors (Lipinski definition) is 4. The number of rotatable bonds is 11. The molecule has 6 nitrogen and oxygen atoms in total. The maximum absolute atomic E-state index is 12.6. The molecule has 0 aliphatic rings. The lowest BCUT2D eigenvalue weighted by molar-refractivity contribution is 0.0951. The third-order valence-electron chi connectivity index (χ3n) is 4.59. The van der Waals surface area contributed by atoms with Crippen molar-refractivity contribution in [1.29, 1.82) is 0 Å². The fraction of sp³-hybridized carbons (Fsp3) is 0.375. The lowest BCUT2D eigenvalue weighted by Crippen LogP contribution is -2.34. The molecule has 0 saturated heterocycles. The Balaban J connectivity index is 1.90. The van der Waals surface area contributed by atoms with Crippen molar-refractivity contribution in [2.24, 2.45) is 0 Å². The first-order chi connectivity index (χ1) is 15.4. The zero-order valence-electron chi connectivity index (χ0n) is 18.5. The summed E-state index contributed by atoms with van der Waals surface area (Å²) >= 11 is 8.73. The third-order valence-corrected chi connectivity index (χ3v) is 5.42. The van der Waals surface area contributed by atoms with Crippen molar-refractivity contribution in [3.8, 4) is 5.75 Å². The first kappa shape index (κ1) is 25.8. The molecule has 0 unspecified atom stereocenters. The van der Waals surface area contributed by atoms with Crippen molar-refractivity contribution in [2.75, 3.05) is 18.5 Å². The lowest BCUT2D eigenvalue weighted by atomic mass is 10.2. The average molecular weight is 520 g/mol. The van der Waals surface area contributed by atoms with Crippen molar-refractivity contribution in [1.82, 2.24) is 10.6 Å². The van der Waals surface area contributed by atoms with Gasteiger partial charge in [0.1, 0.15) is 5.75 Å². The predicted octanol–water partition coefficient (Wildman–Crippen LogP) is 5.67. The molecule has 172 valence electrons. The van der Waals surface area contributed by atoms with E-state index < -0.39 is 0 Å². The molecule has 0 aliphatic heterocycles. The van der Waals surface area contributed by atoms with Gasteiger partial charge in [-0.15, -0.1) is 0 Å². The lowest BCUT2D eigenvalue weighted by Gasteiger charge is -2.12. The maximum atomic E-state index is 12.6. The molecule has 2 aromatic carbocycles. The fourth-order valence-electron chi connectivity index (χ4n) is 2.89. The number of unbranched alkanes of at least 4 members (excludes halogenated alkanes) is 3. The monoisotopic (exact) mass is 519 g/mol. The van der Waals surface area contributed by atoms with E-state index in [1.165, 1.54) is 12.8 Å². The van der Waals surface area contributed by atoms with Crippen LogP contribution in [0.25, 0.3) is 0 Å². The number of carbonyl (C=O) groups excluding carboxylic acids is 2. The van der Waals surface area contributed by atoms with Gasteiger partial charge < -0.3 is 15.4 Å². The number of amides is 2. The topological polar surface area (TPSA) is 79.5 Å². The highest BCUT2D eigenvalue weighted by atomic mass is 79.9. The number of hydrogen-bond donors (Lipinski definition) is 3. The van der Waals surface area contributed by atoms with Crippen LogP contribution in [0.2, 0.25) is 0 Å². The minimum absolute atomic E-state index is 0.147. The highest BCUT2D eigenvalue weighted by Crippen LogP contribution is 2.26. The molecular weight excluding hydrogens is 490 g/mol. The molecule has 3 N–H and O–H groups in total. The second kappa shape index (κ2) is 13.9. The Hall–Kier alpha value is -2.45. The Morgan fingerprint density at radius 3 is 2.47 bits per heavy atom. The SMILES string of the molecule is CCCCCCOc1ccc(C(=O)NC(=S)Nc2cccc(C(=O)NCCC)c2)cc1Br. The average Bonchev–Trinajstić information content (AvgIpc) is 2.78. The summed E-state index contributed by atoms with van der Waals surface area (Å²) in [5, 5.41) is 8.58. The molecule has 0 fully saturated rings. The van der Waals surface area contributed by atoms with Crippen LogP contribution in [0.5, 0.6) is 5.75 Å². The van der Waals surface area contributed by atoms with Gasteiger partial charge in [0.05, 0.1) is 11.1 Å². The van der Waals surface area contributed by atoms with E-state index >= 15 is 0 Å². The summed E-state index contributed by atoms with van der Waals surface area (Å²) in [5.41, 5.74) is 1.59. The molecule has 0 radical (unpaired) electrons. The number of halogens is 1. The molecule has 0 aromatic heterocycles. The second-order valence-electron chi connectivity index (χ2n) is 7.30. The number of benzene rings is 2. The Kier molecular flexibility index (Phi) is 11.2. The molecule has 2 aromatic rings. The molecule has 2 amide bonds. The van der Waals surface area contributed by atoms with Crippen LogP contribution in [-0.4, -0.2) is 30.1 Å². The van der Waals surface area contributed by atoms with E-state index in [9.17, 15) is 9.59 Å². The first-order valence-corrected chi connectivity index (χ1v) is 12.1. The molecule has 0 atom stereocenters. The van der Waals surface area contributed by atoms with E-state index in [0.29, 0.717) is 40.2 Å². The van der Waals surface area contributed by atoms with E-state index in [-0.39, 0.29) is 16.9 Å². The van der Waals surface area contributed by atoms with Crippen LogP contribution in [0.1, 0.15) is 66.7 Å². The molecule has 0 saturated carbocycles. The van der Waals surface area contributed by atoms with E-state index in [1.54, 1.807) is 42.5 Å². The van der Waals surface area contributed by atoms with Gasteiger partial charge in [-0.1, -0.05) is 39.2 Å². The van der Waals surface area contributed by atoms with Crippen molar-refractivity contribution in [3.05, 3.63) is 58.1 Å². The van der Waals surface area contributed by atoms with Crippen LogP contribution in [0.3, 0.4) is 0 Å². The van der Waals surface area contributed by atoms with Gasteiger partial charge in [-0.25, -0.2) is 0 Å². The minimum atomic E-state index is -0.338. The highest BCUT2D eigenvalue weighted by Gasteiger charge is 2.12. The van der Waals surface area contributed by atoms with Gasteiger partial charge in [0.2, 0.25) is 0 Å². The van der Waals surface area contributed by atoms with Gasteiger partial charge >= 0.3 is 0 Å². The van der Waals surface area contributed by atoms with Gasteiger partial charge in [0.25, 0.3) is 11.8 Å². The summed E-state index contributed by atoms with van der Waals surface area (Å²) in [6.45, 7) is 5.43. The normalized spacial score (nSPS) is 10.3. The first-order valence-electron chi connectivity index (χ1n) is 10.9. The van der Waals surface area contributed by atoms with Crippen LogP contribution in [0.4, 0.5) is 5.69 Å². The summed E-state index contributed by atoms with van der Waals surface area (Å²) in [6, 6.07) is 12.1. The smallest absolute Gasteiger partial charge is 0.257 e. The van der Waals surface area contributed by atoms with Gasteiger partial charge in [-0.3, -0.25) is 14.9 Å². The van der Waals surface area contributed by atoms with E-state index in [2.05, 4.69) is 38.8 Å². The second-order valence-corrected chi connectivity index (χ2v) is 8.56. The molecule has 8 heteroatoms. The maximum Gasteiger partial charge on any atom is 0.257 e. The van der Waals surface area contributed by atoms with Crippen LogP contribution in [0.15, 0.2) is 46.9 Å². The molecule has 0 spiro atoms. The van der Waals surface area contributed by atoms with Crippen LogP contribution >= 0.6 is 28.1 Å². The Morgan fingerprint density at radius 2 is 1.75 bits per heavy atom. The van der Waals surface area contributed by atoms with E-state index in [0.717, 1.165) is 19.3 Å². The third kappa shape index (κ3) is 8.59. The number of anilines is 1. The predicted molar refractivity (Wildman–Crippen MR) is 137 cm³/mol. The molecule has 0 bridgehead atoms. The summed E-state index contributed by atoms with van der Waals surface area (Å²) in [5.74, 6) is 0.217. The molecule has 0 aliphatic carbocycles. The Bertz CT molecular complexity index is 936. The van der Waals surface area contributed by atoms with E-state index in [1.807, 2.05) is 6.92 Å². The minimum Gasteiger partial charge on any atom is -0.492 e. The van der Waals surface area contributed by atoms with Gasteiger partial charge in [-0.2, -0.15) is 0 Å². The van der Waals surface area contributed by atoms with E-state index in [4.69, 9.17) is 17.0 Å². The Morgan fingerprint density at radius 1 is 0.969 bits per heavy atom. The zero-order chi connectivity index (χ0) is 23.3. The number of nitrogens with one attached hydrogen (secondary N) is 3. The number of ether oxygens (including phenoxy) is 1. The van der Waals surface area contributed by atoms with Crippen molar-refractivity contribution in [2.45, 2.75) is 46.0 Å². The van der Waals surface area contributed by atoms with Crippen molar-refractivity contribution >= 4 is 50.8 Å². The standard InChI is InChI=1S/C24H30BrN3O3S/c1-3-5-6-7-14-31-21-12-11-18(16-20(21)25)23(30)28-24(32)27-19-10-8-9-17(15-19)22(29)26-13-4-2/h8-12,15-16H,3-7,13-14H2,1-2H3,(H,26,29)(H2,27,28,30,32). The number of thiocarbonyl (C=S) groups is 1. The summed E-state index contributed by atoms with van der Waals surface area (Å²) in [4.78, 5) is 24.7. The molecule has 0 heterocycles. The van der Waals surface area contributed by atoms with Gasteiger partial charge in [0.15, 0.2) is 5.11 Å². The van der Waals surface area contributed by atoms with Crippen molar-refractivity contribution < 1.29 is 14.3 Å². The summed E-state index contributed by atoms with van der Waals surface area (Å²) in [6.07, 6.45) is 5.40. The van der Waals surface area contributed by atoms with Crippen molar-refractivity contribution in [3.63, 3.8) is 0 Å². The largest absolute Gasteiger partial charge is 0.492 e. The highest BCUT2D eigenvalue weighted by molar-refractivity contribution is 9.10. The van der Waals surface area contributed by atoms with Crippen LogP contribution < -0.4 is 20.7 Å².